The molecule has 0 aromatic heterocycles. The Morgan fingerprint density at radius 2 is 1.29 bits per heavy atom. The van der Waals surface area contributed by atoms with E-state index in [-0.39, 0.29) is 3.46 Å². The van der Waals surface area contributed by atoms with Gasteiger partial charge in [-0.3, -0.25) is 0 Å². The van der Waals surface area contributed by atoms with Gasteiger partial charge in [0.15, 0.2) is 0 Å². The van der Waals surface area contributed by atoms with Gasteiger partial charge in [-0.15, -0.1) is 0 Å². The van der Waals surface area contributed by atoms with E-state index in [1.165, 1.54) is 0 Å². The third kappa shape index (κ3) is 2.90. The summed E-state index contributed by atoms with van der Waals surface area (Å²) in [4.78, 5) is 0. The van der Waals surface area contributed by atoms with Crippen molar-refractivity contribution in [2.45, 2.75) is 23.5 Å². The summed E-state index contributed by atoms with van der Waals surface area (Å²) in [5.41, 5.74) is 0.344. The van der Waals surface area contributed by atoms with Gasteiger partial charge in [0.25, 0.3) is 0 Å². The summed E-state index contributed by atoms with van der Waals surface area (Å²) in [5.74, 6) is 0. The molecule has 0 N–H and O–H groups in total. The van der Waals surface area contributed by atoms with Crippen LogP contribution in [0.4, 0.5) is 13.2 Å². The standard InChI is InChI=1S/C10H11F3Te/c1-9(2,14)7-3-5-8(6-4-7)10(11,12)13/h3-6,14H,1-2H3. The maximum absolute atomic E-state index is 12.2. The van der Waals surface area contributed by atoms with Gasteiger partial charge in [-0.2, -0.15) is 0 Å². The van der Waals surface area contributed by atoms with Crippen LogP contribution in [0, 0.1) is 0 Å². The molecule has 0 spiro atoms. The maximum atomic E-state index is 12.2. The van der Waals surface area contributed by atoms with Crippen LogP contribution >= 0.6 is 0 Å². The molecule has 0 unspecified atom stereocenters. The second-order valence-corrected chi connectivity index (χ2v) is 6.83. The Morgan fingerprint density at radius 3 is 1.57 bits per heavy atom. The van der Waals surface area contributed by atoms with E-state index in [1.807, 2.05) is 13.8 Å². The summed E-state index contributed by atoms with van der Waals surface area (Å²) >= 11 is 1.59. The van der Waals surface area contributed by atoms with Crippen LogP contribution < -0.4 is 0 Å². The van der Waals surface area contributed by atoms with Crippen molar-refractivity contribution < 1.29 is 13.2 Å². The summed E-state index contributed by atoms with van der Waals surface area (Å²) in [5, 5.41) is 0. The van der Waals surface area contributed by atoms with Gasteiger partial charge < -0.3 is 0 Å². The van der Waals surface area contributed by atoms with Gasteiger partial charge in [0.2, 0.25) is 0 Å². The number of alkyl halides is 3. The van der Waals surface area contributed by atoms with Crippen LogP contribution in [0.5, 0.6) is 0 Å². The molecule has 0 aliphatic rings. The molecule has 0 amide bonds. The molecule has 1 aromatic carbocycles. The van der Waals surface area contributed by atoms with Crippen molar-refractivity contribution in [3.63, 3.8) is 0 Å². The molecule has 4 heteroatoms. The van der Waals surface area contributed by atoms with Gasteiger partial charge in [-0.1, -0.05) is 0 Å². The van der Waals surface area contributed by atoms with Crippen LogP contribution in [0.3, 0.4) is 0 Å². The van der Waals surface area contributed by atoms with Gasteiger partial charge in [0.1, 0.15) is 0 Å². The van der Waals surface area contributed by atoms with Crippen LogP contribution in [0.15, 0.2) is 24.3 Å². The fourth-order valence-corrected chi connectivity index (χ4v) is 1.49. The molecule has 0 atom stereocenters. The Morgan fingerprint density at radius 1 is 0.929 bits per heavy atom. The van der Waals surface area contributed by atoms with Crippen molar-refractivity contribution in [1.29, 1.82) is 0 Å². The third-order valence-electron chi connectivity index (χ3n) is 1.92. The van der Waals surface area contributed by atoms with Crippen molar-refractivity contribution in [3.05, 3.63) is 35.4 Å². The number of halogens is 3. The van der Waals surface area contributed by atoms with Crippen LogP contribution in [0.25, 0.3) is 0 Å². The molecule has 0 radical (unpaired) electrons. The minimum atomic E-state index is -4.24. The molecule has 78 valence electrons. The molecule has 0 aliphatic heterocycles. The van der Waals surface area contributed by atoms with Crippen LogP contribution in [0.1, 0.15) is 25.0 Å². The SMILES string of the molecule is CC(C)([TeH])c1ccc(C(F)(F)F)cc1. The van der Waals surface area contributed by atoms with Crippen molar-refractivity contribution in [2.24, 2.45) is 0 Å². The molecule has 0 saturated heterocycles. The van der Waals surface area contributed by atoms with Crippen LogP contribution in [-0.4, -0.2) is 22.3 Å². The Kier molecular flexibility index (Phi) is 3.18. The van der Waals surface area contributed by atoms with Crippen molar-refractivity contribution in [1.82, 2.24) is 0 Å². The van der Waals surface area contributed by atoms with Crippen molar-refractivity contribution in [2.75, 3.05) is 0 Å². The monoisotopic (exact) mass is 318 g/mol. The molecule has 1 rings (SSSR count). The number of rotatable bonds is 1. The zero-order valence-electron chi connectivity index (χ0n) is 7.89. The Bertz CT molecular complexity index is 273. The molecule has 0 heterocycles. The van der Waals surface area contributed by atoms with E-state index in [4.69, 9.17) is 0 Å². The number of hydrogen-bond donors (Lipinski definition) is 0. The molecule has 1 aromatic rings. The average molecular weight is 316 g/mol. The molecule has 0 saturated carbocycles. The Labute approximate surface area is 94.4 Å². The van der Waals surface area contributed by atoms with Gasteiger partial charge >= 0.3 is 94.3 Å². The van der Waals surface area contributed by atoms with Crippen LogP contribution in [-0.2, 0) is 9.64 Å². The second kappa shape index (κ2) is 3.75. The summed E-state index contributed by atoms with van der Waals surface area (Å²) in [6, 6.07) is 5.35. The van der Waals surface area contributed by atoms with E-state index >= 15 is 0 Å². The zero-order valence-corrected chi connectivity index (χ0v) is 10.4. The summed E-state index contributed by atoms with van der Waals surface area (Å²) in [7, 11) is 0. The van der Waals surface area contributed by atoms with E-state index in [1.54, 1.807) is 34.4 Å². The third-order valence-corrected chi connectivity index (χ3v) is 2.66. The molecule has 14 heavy (non-hydrogen) atoms. The average Bonchev–Trinajstić information content (AvgIpc) is 2.01. The Hall–Kier alpha value is -0.200. The van der Waals surface area contributed by atoms with E-state index in [9.17, 15) is 13.2 Å². The second-order valence-electron chi connectivity index (χ2n) is 3.63. The first-order valence-electron chi connectivity index (χ1n) is 4.11. The number of hydrogen-bond acceptors (Lipinski definition) is 0. The molecule has 0 aliphatic carbocycles. The van der Waals surface area contributed by atoms with Gasteiger partial charge in [-0.25, -0.2) is 0 Å². The predicted octanol–water partition coefficient (Wildman–Crippen LogP) is 2.84. The molecular weight excluding hydrogens is 305 g/mol. The zero-order chi connectivity index (χ0) is 11.0. The molecular formula is C10H11F3Te. The Balaban J connectivity index is 3.02. The normalized spacial score (nSPS) is 13.0. The quantitative estimate of drug-likeness (QED) is 0.699. The predicted molar refractivity (Wildman–Crippen MR) is 51.6 cm³/mol. The first kappa shape index (κ1) is 11.9. The van der Waals surface area contributed by atoms with Gasteiger partial charge in [0.05, 0.1) is 0 Å². The van der Waals surface area contributed by atoms with E-state index < -0.39 is 11.7 Å². The first-order chi connectivity index (χ1) is 6.21. The summed E-state index contributed by atoms with van der Waals surface area (Å²) in [6.45, 7) is 3.98. The minimum absolute atomic E-state index is 0.0570. The summed E-state index contributed by atoms with van der Waals surface area (Å²) < 4.78 is 36.6. The van der Waals surface area contributed by atoms with Crippen molar-refractivity contribution >= 4 is 22.3 Å². The topological polar surface area (TPSA) is 0 Å². The van der Waals surface area contributed by atoms with Crippen LogP contribution in [0.2, 0.25) is 0 Å². The van der Waals surface area contributed by atoms with E-state index in [2.05, 4.69) is 0 Å². The molecule has 0 nitrogen and oxygen atoms in total. The van der Waals surface area contributed by atoms with E-state index in [0.717, 1.165) is 17.7 Å². The molecule has 0 fully saturated rings. The summed E-state index contributed by atoms with van der Waals surface area (Å²) in [6.07, 6.45) is -4.24. The van der Waals surface area contributed by atoms with Gasteiger partial charge in [0, 0.05) is 0 Å². The fraction of sp³-hybridized carbons (Fsp3) is 0.400. The van der Waals surface area contributed by atoms with E-state index in [0.29, 0.717) is 0 Å². The molecule has 0 bridgehead atoms. The first-order valence-corrected chi connectivity index (χ1v) is 5.39. The van der Waals surface area contributed by atoms with Gasteiger partial charge in [-0.05, 0) is 0 Å². The van der Waals surface area contributed by atoms with Crippen molar-refractivity contribution in [3.8, 4) is 0 Å². The number of benzene rings is 1. The fourth-order valence-electron chi connectivity index (χ4n) is 1.07.